The summed E-state index contributed by atoms with van der Waals surface area (Å²) in [5, 5.41) is 24.5. The Labute approximate surface area is 107 Å². The molecule has 2 rings (SSSR count). The minimum absolute atomic E-state index is 0.121. The molecule has 2 aromatic rings. The number of allylic oxidation sites excluding steroid dienone is 1. The third kappa shape index (κ3) is 2.84. The number of tetrazole rings is 1. The van der Waals surface area contributed by atoms with Gasteiger partial charge in [0.2, 0.25) is 5.82 Å². The van der Waals surface area contributed by atoms with Gasteiger partial charge in [0.25, 0.3) is 0 Å². The molecule has 2 N–H and O–H groups in total. The standard InChI is InChI=1S/C11H9FN6O/c1-19-8-2-3-9(12)10(4-8)14-6-7(5-13)11-15-17-18-16-11/h2-4,6,14H,1H3,(H,15,16,17,18). The van der Waals surface area contributed by atoms with Crippen molar-refractivity contribution in [3.63, 3.8) is 0 Å². The van der Waals surface area contributed by atoms with Crippen molar-refractivity contribution in [1.82, 2.24) is 20.6 Å². The second kappa shape index (κ2) is 5.59. The maximum Gasteiger partial charge on any atom is 0.216 e. The van der Waals surface area contributed by atoms with Gasteiger partial charge in [-0.05, 0) is 17.3 Å². The van der Waals surface area contributed by atoms with Crippen LogP contribution < -0.4 is 10.1 Å². The number of nitrogens with zero attached hydrogens (tertiary/aromatic N) is 4. The predicted octanol–water partition coefficient (Wildman–Crippen LogP) is 1.32. The molecule has 0 radical (unpaired) electrons. The molecule has 0 fully saturated rings. The molecule has 1 aromatic carbocycles. The van der Waals surface area contributed by atoms with Crippen LogP contribution in [0.25, 0.3) is 5.57 Å². The molecule has 0 spiro atoms. The molecule has 0 atom stereocenters. The monoisotopic (exact) mass is 260 g/mol. The minimum atomic E-state index is -0.470. The van der Waals surface area contributed by atoms with Gasteiger partial charge in [-0.25, -0.2) is 4.39 Å². The van der Waals surface area contributed by atoms with Crippen molar-refractivity contribution in [2.75, 3.05) is 12.4 Å². The van der Waals surface area contributed by atoms with Gasteiger partial charge in [-0.3, -0.25) is 0 Å². The molecule has 0 saturated heterocycles. The van der Waals surface area contributed by atoms with Gasteiger partial charge >= 0.3 is 0 Å². The number of aromatic nitrogens is 4. The summed E-state index contributed by atoms with van der Waals surface area (Å²) in [6.45, 7) is 0. The van der Waals surface area contributed by atoms with Crippen LogP contribution in [-0.4, -0.2) is 27.7 Å². The van der Waals surface area contributed by atoms with Crippen LogP contribution in [0.4, 0.5) is 10.1 Å². The number of rotatable bonds is 4. The number of anilines is 1. The number of halogens is 1. The molecule has 0 amide bonds. The highest BCUT2D eigenvalue weighted by Gasteiger charge is 2.07. The quantitative estimate of drug-likeness (QED) is 0.804. The minimum Gasteiger partial charge on any atom is -0.497 e. The van der Waals surface area contributed by atoms with Crippen LogP contribution in [0.1, 0.15) is 5.82 Å². The van der Waals surface area contributed by atoms with Crippen molar-refractivity contribution in [2.45, 2.75) is 0 Å². The number of methoxy groups -OCH3 is 1. The number of nitriles is 1. The highest BCUT2D eigenvalue weighted by atomic mass is 19.1. The molecule has 0 aliphatic heterocycles. The van der Waals surface area contributed by atoms with Crippen LogP contribution in [-0.2, 0) is 0 Å². The lowest BCUT2D eigenvalue weighted by Gasteiger charge is -2.05. The van der Waals surface area contributed by atoms with Gasteiger partial charge in [-0.1, -0.05) is 0 Å². The predicted molar refractivity (Wildman–Crippen MR) is 64.3 cm³/mol. The van der Waals surface area contributed by atoms with Crippen molar-refractivity contribution in [2.24, 2.45) is 0 Å². The highest BCUT2D eigenvalue weighted by Crippen LogP contribution is 2.21. The zero-order valence-corrected chi connectivity index (χ0v) is 9.88. The average Bonchev–Trinajstić information content (AvgIpc) is 2.95. The molecule has 0 bridgehead atoms. The summed E-state index contributed by atoms with van der Waals surface area (Å²) in [5.41, 5.74) is 0.298. The van der Waals surface area contributed by atoms with Crippen molar-refractivity contribution in [3.05, 3.63) is 36.0 Å². The van der Waals surface area contributed by atoms with Gasteiger partial charge in [0.1, 0.15) is 23.2 Å². The van der Waals surface area contributed by atoms with E-state index in [0.29, 0.717) is 5.75 Å². The third-order valence-electron chi connectivity index (χ3n) is 2.25. The van der Waals surface area contributed by atoms with Crippen LogP contribution in [0.5, 0.6) is 5.75 Å². The smallest absolute Gasteiger partial charge is 0.216 e. The molecule has 0 aliphatic rings. The van der Waals surface area contributed by atoms with Crippen LogP contribution in [0.3, 0.4) is 0 Å². The molecule has 0 unspecified atom stereocenters. The van der Waals surface area contributed by atoms with E-state index < -0.39 is 5.82 Å². The zero-order chi connectivity index (χ0) is 13.7. The van der Waals surface area contributed by atoms with Gasteiger partial charge in [-0.15, -0.1) is 10.2 Å². The number of ether oxygens (including phenoxy) is 1. The number of H-pyrrole nitrogens is 1. The maximum absolute atomic E-state index is 13.5. The molecule has 1 heterocycles. The number of aromatic amines is 1. The van der Waals surface area contributed by atoms with Gasteiger partial charge in [-0.2, -0.15) is 10.5 Å². The lowest BCUT2D eigenvalue weighted by molar-refractivity contribution is 0.414. The fraction of sp³-hybridized carbons (Fsp3) is 0.0909. The van der Waals surface area contributed by atoms with Gasteiger partial charge in [0.05, 0.1) is 12.8 Å². The highest BCUT2D eigenvalue weighted by molar-refractivity contribution is 5.74. The van der Waals surface area contributed by atoms with Crippen LogP contribution >= 0.6 is 0 Å². The summed E-state index contributed by atoms with van der Waals surface area (Å²) in [6.07, 6.45) is 1.29. The Morgan fingerprint density at radius 3 is 3.05 bits per heavy atom. The van der Waals surface area contributed by atoms with Crippen LogP contribution in [0.2, 0.25) is 0 Å². The fourth-order valence-electron chi connectivity index (χ4n) is 1.31. The molecule has 1 aromatic heterocycles. The molecule has 8 heteroatoms. The molecule has 0 saturated carbocycles. The van der Waals surface area contributed by atoms with Crippen molar-refractivity contribution < 1.29 is 9.13 Å². The van der Waals surface area contributed by atoms with E-state index in [-0.39, 0.29) is 17.1 Å². The summed E-state index contributed by atoms with van der Waals surface area (Å²) in [4.78, 5) is 0. The average molecular weight is 260 g/mol. The Morgan fingerprint density at radius 1 is 1.58 bits per heavy atom. The molecule has 19 heavy (non-hydrogen) atoms. The Morgan fingerprint density at radius 2 is 2.42 bits per heavy atom. The Hall–Kier alpha value is -2.95. The maximum atomic E-state index is 13.5. The summed E-state index contributed by atoms with van der Waals surface area (Å²) < 4.78 is 18.5. The summed E-state index contributed by atoms with van der Waals surface area (Å²) in [7, 11) is 1.48. The van der Waals surface area contributed by atoms with E-state index in [9.17, 15) is 4.39 Å². The van der Waals surface area contributed by atoms with E-state index in [2.05, 4.69) is 25.9 Å². The lowest BCUT2D eigenvalue weighted by Crippen LogP contribution is -1.96. The first-order chi connectivity index (χ1) is 9.24. The van der Waals surface area contributed by atoms with E-state index >= 15 is 0 Å². The molecule has 0 aliphatic carbocycles. The fourth-order valence-corrected chi connectivity index (χ4v) is 1.31. The van der Waals surface area contributed by atoms with Crippen molar-refractivity contribution in [3.8, 4) is 11.8 Å². The zero-order valence-electron chi connectivity index (χ0n) is 9.88. The summed E-state index contributed by atoms with van der Waals surface area (Å²) in [5.74, 6) is 0.149. The molecule has 96 valence electrons. The second-order valence-corrected chi connectivity index (χ2v) is 3.40. The number of benzene rings is 1. The Kier molecular flexibility index (Phi) is 3.68. The summed E-state index contributed by atoms with van der Waals surface area (Å²) in [6, 6.07) is 6.11. The molecule has 7 nitrogen and oxygen atoms in total. The largest absolute Gasteiger partial charge is 0.497 e. The first kappa shape index (κ1) is 12.5. The Balaban J connectivity index is 2.24. The molecular weight excluding hydrogens is 251 g/mol. The SMILES string of the molecule is COc1ccc(F)c(NC=C(C#N)c2nn[nH]n2)c1. The summed E-state index contributed by atoms with van der Waals surface area (Å²) >= 11 is 0. The number of nitrogens with one attached hydrogen (secondary N) is 2. The first-order valence-electron chi connectivity index (χ1n) is 5.18. The van der Waals surface area contributed by atoms with E-state index in [0.717, 1.165) is 0 Å². The second-order valence-electron chi connectivity index (χ2n) is 3.40. The Bertz CT molecular complexity index is 631. The van der Waals surface area contributed by atoms with Gasteiger partial charge in [0, 0.05) is 12.3 Å². The van der Waals surface area contributed by atoms with Crippen molar-refractivity contribution in [1.29, 1.82) is 5.26 Å². The van der Waals surface area contributed by atoms with Gasteiger partial charge < -0.3 is 10.1 Å². The van der Waals surface area contributed by atoms with Crippen LogP contribution in [0, 0.1) is 17.1 Å². The number of hydrogen-bond acceptors (Lipinski definition) is 6. The molecular formula is C11H9FN6O. The van der Waals surface area contributed by atoms with E-state index in [1.54, 1.807) is 0 Å². The van der Waals surface area contributed by atoms with E-state index in [1.807, 2.05) is 6.07 Å². The van der Waals surface area contributed by atoms with Crippen molar-refractivity contribution >= 4 is 11.3 Å². The normalized spacial score (nSPS) is 10.9. The van der Waals surface area contributed by atoms with Gasteiger partial charge in [0.15, 0.2) is 0 Å². The topological polar surface area (TPSA) is 99.5 Å². The third-order valence-corrected chi connectivity index (χ3v) is 2.25. The van der Waals surface area contributed by atoms with E-state index in [4.69, 9.17) is 10.00 Å². The van der Waals surface area contributed by atoms with E-state index in [1.165, 1.54) is 31.5 Å². The van der Waals surface area contributed by atoms with Crippen LogP contribution in [0.15, 0.2) is 24.4 Å². The first-order valence-corrected chi connectivity index (χ1v) is 5.18. The number of hydrogen-bond donors (Lipinski definition) is 2. The lowest BCUT2D eigenvalue weighted by atomic mass is 10.2.